The van der Waals surface area contributed by atoms with Crippen molar-refractivity contribution in [3.05, 3.63) is 56.6 Å². The van der Waals surface area contributed by atoms with Gasteiger partial charge < -0.3 is 15.2 Å². The molecule has 1 fully saturated rings. The monoisotopic (exact) mass is 571 g/mol. The summed E-state index contributed by atoms with van der Waals surface area (Å²) >= 11 is 1.86. The Labute approximate surface area is 213 Å². The number of piperidine rings is 1. The van der Waals surface area contributed by atoms with Crippen LogP contribution in [0.25, 0.3) is 0 Å². The van der Waals surface area contributed by atoms with Gasteiger partial charge in [0.25, 0.3) is 5.56 Å². The van der Waals surface area contributed by atoms with E-state index in [4.69, 9.17) is 4.99 Å². The lowest BCUT2D eigenvalue weighted by atomic mass is 9.88. The summed E-state index contributed by atoms with van der Waals surface area (Å²) < 4.78 is 1.85. The number of pyridine rings is 1. The molecule has 6 nitrogen and oxygen atoms in total. The number of guanidine groups is 1. The Morgan fingerprint density at radius 2 is 2.06 bits per heavy atom. The van der Waals surface area contributed by atoms with E-state index in [0.29, 0.717) is 12.0 Å². The summed E-state index contributed by atoms with van der Waals surface area (Å²) in [5.41, 5.74) is 1.11. The molecule has 0 aromatic carbocycles. The lowest BCUT2D eigenvalue weighted by Crippen LogP contribution is -2.40. The number of rotatable bonds is 9. The highest BCUT2D eigenvalue weighted by atomic mass is 127. The van der Waals surface area contributed by atoms with Crippen LogP contribution in [0.15, 0.2) is 45.5 Å². The predicted octanol–water partition coefficient (Wildman–Crippen LogP) is 4.25. The fourth-order valence-electron chi connectivity index (χ4n) is 4.42. The molecule has 2 N–H and O–H groups in total. The fourth-order valence-corrected chi connectivity index (χ4v) is 5.41. The fraction of sp³-hybridized carbons (Fsp3) is 0.583. The average Bonchev–Trinajstić information content (AvgIpc) is 3.28. The molecule has 1 aliphatic heterocycles. The van der Waals surface area contributed by atoms with E-state index in [9.17, 15) is 4.79 Å². The van der Waals surface area contributed by atoms with Crippen molar-refractivity contribution in [3.8, 4) is 0 Å². The van der Waals surface area contributed by atoms with Crippen LogP contribution >= 0.6 is 35.3 Å². The van der Waals surface area contributed by atoms with Crippen molar-refractivity contribution in [2.75, 3.05) is 33.2 Å². The molecule has 3 rings (SSSR count). The number of hydrogen-bond donors (Lipinski definition) is 2. The minimum atomic E-state index is 0. The molecule has 8 heteroatoms. The van der Waals surface area contributed by atoms with Gasteiger partial charge in [0.2, 0.25) is 0 Å². The molecule has 2 aromatic heterocycles. The third-order valence-corrected chi connectivity index (χ3v) is 6.98. The Balaban J connectivity index is 0.00000363. The molecule has 32 heavy (non-hydrogen) atoms. The number of thiophene rings is 1. The summed E-state index contributed by atoms with van der Waals surface area (Å²) in [6.07, 6.45) is 4.42. The van der Waals surface area contributed by atoms with Gasteiger partial charge in [0.1, 0.15) is 0 Å². The number of nitrogens with zero attached hydrogens (tertiary/aromatic N) is 3. The van der Waals surface area contributed by atoms with Gasteiger partial charge >= 0.3 is 0 Å². The van der Waals surface area contributed by atoms with Crippen LogP contribution in [0.4, 0.5) is 0 Å². The molecule has 0 aliphatic carbocycles. The van der Waals surface area contributed by atoms with Gasteiger partial charge in [-0.2, -0.15) is 0 Å². The number of aromatic nitrogens is 1. The topological polar surface area (TPSA) is 61.7 Å². The van der Waals surface area contributed by atoms with Gasteiger partial charge in [0.05, 0.1) is 0 Å². The standard InChI is InChI=1S/C24H37N5OS.HI/c1-4-25-24(26-14-5-6-16-29-19(2)10-7-13-22(29)30)27-18-20-11-8-15-28(3)23(20)21-12-9-17-31-21;/h7,9-10,12-13,17,20,23H,4-6,8,11,14-16,18H2,1-3H3,(H2,25,26,27);1H. The summed E-state index contributed by atoms with van der Waals surface area (Å²) in [5, 5.41) is 9.03. The van der Waals surface area contributed by atoms with Crippen LogP contribution in [0, 0.1) is 12.8 Å². The minimum Gasteiger partial charge on any atom is -0.357 e. The molecule has 0 spiro atoms. The van der Waals surface area contributed by atoms with Gasteiger partial charge in [0.15, 0.2) is 5.96 Å². The van der Waals surface area contributed by atoms with Crippen molar-refractivity contribution in [3.63, 3.8) is 0 Å². The molecular weight excluding hydrogens is 533 g/mol. The SMILES string of the molecule is CCNC(=NCC1CCCN(C)C1c1cccs1)NCCCCn1c(C)cccc1=O.I. The summed E-state index contributed by atoms with van der Waals surface area (Å²) in [4.78, 5) is 20.9. The zero-order valence-electron chi connectivity index (χ0n) is 19.5. The van der Waals surface area contributed by atoms with Gasteiger partial charge in [0, 0.05) is 48.9 Å². The second-order valence-corrected chi connectivity index (χ2v) is 9.33. The van der Waals surface area contributed by atoms with Crippen molar-refractivity contribution in [2.24, 2.45) is 10.9 Å². The highest BCUT2D eigenvalue weighted by Crippen LogP contribution is 2.37. The molecule has 0 saturated carbocycles. The number of halogens is 1. The molecule has 2 aromatic rings. The molecule has 3 heterocycles. The normalized spacial score (nSPS) is 19.4. The van der Waals surface area contributed by atoms with Crippen LogP contribution in [-0.2, 0) is 6.54 Å². The Morgan fingerprint density at radius 3 is 2.78 bits per heavy atom. The van der Waals surface area contributed by atoms with E-state index >= 15 is 0 Å². The quantitative estimate of drug-likeness (QED) is 0.205. The summed E-state index contributed by atoms with van der Waals surface area (Å²) in [7, 11) is 2.24. The van der Waals surface area contributed by atoms with Gasteiger partial charge in [-0.25, -0.2) is 0 Å². The maximum absolute atomic E-state index is 12.0. The van der Waals surface area contributed by atoms with E-state index in [1.54, 1.807) is 6.07 Å². The number of hydrogen-bond acceptors (Lipinski definition) is 4. The molecule has 0 amide bonds. The van der Waals surface area contributed by atoms with Crippen LogP contribution in [0.2, 0.25) is 0 Å². The van der Waals surface area contributed by atoms with Crippen LogP contribution in [-0.4, -0.2) is 48.7 Å². The van der Waals surface area contributed by atoms with Crippen molar-refractivity contribution >= 4 is 41.3 Å². The summed E-state index contributed by atoms with van der Waals surface area (Å²) in [6.45, 7) is 8.55. The zero-order valence-corrected chi connectivity index (χ0v) is 22.7. The van der Waals surface area contributed by atoms with Gasteiger partial charge in [-0.3, -0.25) is 14.7 Å². The smallest absolute Gasteiger partial charge is 0.250 e. The third-order valence-electron chi connectivity index (χ3n) is 6.04. The van der Waals surface area contributed by atoms with E-state index in [2.05, 4.69) is 47.0 Å². The Bertz CT molecular complexity index is 883. The first-order valence-corrected chi connectivity index (χ1v) is 12.4. The molecular formula is C24H38IN5OS. The first kappa shape index (κ1) is 26.9. The van der Waals surface area contributed by atoms with E-state index < -0.39 is 0 Å². The third kappa shape index (κ3) is 7.59. The first-order chi connectivity index (χ1) is 15.1. The van der Waals surface area contributed by atoms with Crippen LogP contribution in [0.1, 0.15) is 49.2 Å². The second kappa shape index (κ2) is 14.0. The Morgan fingerprint density at radius 1 is 1.22 bits per heavy atom. The molecule has 178 valence electrons. The van der Waals surface area contributed by atoms with Crippen molar-refractivity contribution in [1.29, 1.82) is 0 Å². The second-order valence-electron chi connectivity index (χ2n) is 8.35. The van der Waals surface area contributed by atoms with Crippen molar-refractivity contribution in [2.45, 2.75) is 52.1 Å². The number of aryl methyl sites for hydroxylation is 1. The highest BCUT2D eigenvalue weighted by molar-refractivity contribution is 14.0. The number of unbranched alkanes of at least 4 members (excludes halogenated alkanes) is 1. The van der Waals surface area contributed by atoms with Crippen LogP contribution in [0.5, 0.6) is 0 Å². The average molecular weight is 572 g/mol. The van der Waals surface area contributed by atoms with E-state index in [0.717, 1.165) is 57.2 Å². The lowest BCUT2D eigenvalue weighted by molar-refractivity contribution is 0.128. The largest absolute Gasteiger partial charge is 0.357 e. The van der Waals surface area contributed by atoms with Gasteiger partial charge in [-0.05, 0) is 76.6 Å². The highest BCUT2D eigenvalue weighted by Gasteiger charge is 2.31. The molecule has 2 unspecified atom stereocenters. The Hall–Kier alpha value is -1.39. The van der Waals surface area contributed by atoms with Crippen LogP contribution in [0.3, 0.4) is 0 Å². The number of aliphatic imine (C=N–C) groups is 1. The van der Waals surface area contributed by atoms with Crippen molar-refractivity contribution < 1.29 is 0 Å². The number of likely N-dealkylation sites (tertiary alicyclic amines) is 1. The summed E-state index contributed by atoms with van der Waals surface area (Å²) in [6, 6.07) is 10.3. The lowest BCUT2D eigenvalue weighted by Gasteiger charge is -2.38. The van der Waals surface area contributed by atoms with Gasteiger partial charge in [-0.1, -0.05) is 12.1 Å². The zero-order chi connectivity index (χ0) is 22.1. The number of nitrogens with one attached hydrogen (secondary N) is 2. The Kier molecular flexibility index (Phi) is 11.7. The molecule has 2 atom stereocenters. The predicted molar refractivity (Wildman–Crippen MR) is 146 cm³/mol. The maximum Gasteiger partial charge on any atom is 0.250 e. The molecule has 1 aliphatic rings. The maximum atomic E-state index is 12.0. The van der Waals surface area contributed by atoms with Crippen molar-refractivity contribution in [1.82, 2.24) is 20.1 Å². The molecule has 1 saturated heterocycles. The van der Waals surface area contributed by atoms with Crippen LogP contribution < -0.4 is 16.2 Å². The van der Waals surface area contributed by atoms with Gasteiger partial charge in [-0.15, -0.1) is 35.3 Å². The molecule has 0 radical (unpaired) electrons. The van der Waals surface area contributed by atoms with E-state index in [1.165, 1.54) is 17.7 Å². The summed E-state index contributed by atoms with van der Waals surface area (Å²) in [5.74, 6) is 1.44. The van der Waals surface area contributed by atoms with E-state index in [1.807, 2.05) is 35.0 Å². The van der Waals surface area contributed by atoms with E-state index in [-0.39, 0.29) is 29.5 Å². The molecule has 0 bridgehead atoms. The minimum absolute atomic E-state index is 0. The first-order valence-electron chi connectivity index (χ1n) is 11.5.